The van der Waals surface area contributed by atoms with Gasteiger partial charge in [-0.05, 0) is 17.7 Å². The quantitative estimate of drug-likeness (QED) is 0.817. The summed E-state index contributed by atoms with van der Waals surface area (Å²) in [4.78, 5) is 17.7. The average Bonchev–Trinajstić information content (AvgIpc) is 2.29. The first-order chi connectivity index (χ1) is 8.00. The number of hydroxylamine groups is 1. The van der Waals surface area contributed by atoms with Gasteiger partial charge >= 0.3 is 0 Å². The molecule has 0 radical (unpaired) electrons. The molecule has 0 saturated heterocycles. The van der Waals surface area contributed by atoms with Crippen LogP contribution in [0.4, 0.5) is 0 Å². The molecule has 92 valence electrons. The number of benzene rings is 1. The van der Waals surface area contributed by atoms with Crippen LogP contribution in [0.5, 0.6) is 0 Å². The molecule has 0 unspecified atom stereocenters. The Hall–Kier alpha value is -1.52. The van der Waals surface area contributed by atoms with E-state index in [2.05, 4.69) is 12.1 Å². The lowest BCUT2D eigenvalue weighted by atomic mass is 10.2. The van der Waals surface area contributed by atoms with Crippen LogP contribution in [0.2, 0.25) is 5.02 Å². The van der Waals surface area contributed by atoms with Crippen LogP contribution in [-0.2, 0) is 9.63 Å². The molecule has 0 spiro atoms. The number of halogens is 1. The molecule has 4 nitrogen and oxygen atoms in total. The van der Waals surface area contributed by atoms with Crippen molar-refractivity contribution in [3.63, 3.8) is 0 Å². The fraction of sp³-hybridized carbons (Fsp3) is 0.250. The van der Waals surface area contributed by atoms with Crippen LogP contribution < -0.4 is 5.48 Å². The fourth-order valence-corrected chi connectivity index (χ4v) is 1.15. The molecule has 1 rings (SSSR count). The second-order valence-electron chi connectivity index (χ2n) is 3.66. The molecule has 0 bridgehead atoms. The van der Waals surface area contributed by atoms with Crippen LogP contribution in [0.15, 0.2) is 30.8 Å². The fourth-order valence-electron chi connectivity index (χ4n) is 1.02. The highest BCUT2D eigenvalue weighted by Gasteiger charge is 2.04. The second-order valence-corrected chi connectivity index (χ2v) is 4.10. The van der Waals surface area contributed by atoms with Crippen LogP contribution in [0.25, 0.3) is 5.70 Å². The van der Waals surface area contributed by atoms with Gasteiger partial charge in [0.05, 0.1) is 5.70 Å². The van der Waals surface area contributed by atoms with Gasteiger partial charge in [0.15, 0.2) is 6.61 Å². The third kappa shape index (κ3) is 4.46. The minimum Gasteiger partial charge on any atom is -0.347 e. The predicted octanol–water partition coefficient (Wildman–Crippen LogP) is 1.92. The van der Waals surface area contributed by atoms with Crippen LogP contribution >= 0.6 is 11.6 Å². The molecule has 1 aromatic carbocycles. The molecule has 1 amide bonds. The van der Waals surface area contributed by atoms with Gasteiger partial charge in [-0.3, -0.25) is 15.1 Å². The molecule has 0 atom stereocenters. The summed E-state index contributed by atoms with van der Waals surface area (Å²) in [5.41, 5.74) is 4.05. The number of carbonyl (C=O) groups excluding carboxylic acids is 1. The topological polar surface area (TPSA) is 41.6 Å². The number of hydrogen-bond donors (Lipinski definition) is 1. The van der Waals surface area contributed by atoms with Crippen LogP contribution in [0, 0.1) is 0 Å². The zero-order valence-corrected chi connectivity index (χ0v) is 10.6. The highest BCUT2D eigenvalue weighted by atomic mass is 35.5. The summed E-state index contributed by atoms with van der Waals surface area (Å²) in [6, 6.07) is 7.15. The Bertz CT molecular complexity index is 401. The van der Waals surface area contributed by atoms with Gasteiger partial charge in [-0.2, -0.15) is 0 Å². The predicted molar refractivity (Wildman–Crippen MR) is 68.3 cm³/mol. The molecule has 1 N–H and O–H groups in total. The van der Waals surface area contributed by atoms with Crippen molar-refractivity contribution in [2.75, 3.05) is 20.7 Å². The van der Waals surface area contributed by atoms with Gasteiger partial charge < -0.3 is 4.90 Å². The summed E-state index contributed by atoms with van der Waals surface area (Å²) in [5, 5.41) is 0.658. The largest absolute Gasteiger partial charge is 0.347 e. The van der Waals surface area contributed by atoms with Crippen molar-refractivity contribution < 1.29 is 9.63 Å². The highest BCUT2D eigenvalue weighted by molar-refractivity contribution is 6.30. The third-order valence-electron chi connectivity index (χ3n) is 2.08. The summed E-state index contributed by atoms with van der Waals surface area (Å²) in [6.45, 7) is 3.75. The van der Waals surface area contributed by atoms with Gasteiger partial charge in [0.2, 0.25) is 0 Å². The maximum Gasteiger partial charge on any atom is 0.250 e. The van der Waals surface area contributed by atoms with E-state index in [1.807, 2.05) is 12.1 Å². The monoisotopic (exact) mass is 254 g/mol. The van der Waals surface area contributed by atoms with E-state index in [1.165, 1.54) is 4.90 Å². The maximum atomic E-state index is 11.2. The Labute approximate surface area is 106 Å². The molecular weight excluding hydrogens is 240 g/mol. The number of nitrogens with one attached hydrogen (secondary N) is 1. The van der Waals surface area contributed by atoms with Crippen LogP contribution in [0.1, 0.15) is 5.56 Å². The molecule has 17 heavy (non-hydrogen) atoms. The number of amides is 1. The average molecular weight is 255 g/mol. The van der Waals surface area contributed by atoms with E-state index in [4.69, 9.17) is 16.4 Å². The summed E-state index contributed by atoms with van der Waals surface area (Å²) in [5.74, 6) is -0.124. The molecule has 1 aromatic rings. The molecule has 0 fully saturated rings. The summed E-state index contributed by atoms with van der Waals surface area (Å²) < 4.78 is 0. The maximum absolute atomic E-state index is 11.2. The first-order valence-electron chi connectivity index (χ1n) is 5.03. The lowest BCUT2D eigenvalue weighted by Crippen LogP contribution is -2.29. The zero-order valence-electron chi connectivity index (χ0n) is 9.87. The number of hydrogen-bond acceptors (Lipinski definition) is 3. The van der Waals surface area contributed by atoms with E-state index in [0.717, 1.165) is 5.56 Å². The Morgan fingerprint density at radius 3 is 2.53 bits per heavy atom. The van der Waals surface area contributed by atoms with Crippen molar-refractivity contribution >= 4 is 23.2 Å². The van der Waals surface area contributed by atoms with Crippen LogP contribution in [-0.4, -0.2) is 31.5 Å². The lowest BCUT2D eigenvalue weighted by Gasteiger charge is -2.12. The SMILES string of the molecule is C=C(NOCC(=O)N(C)C)c1ccc(Cl)cc1. The Morgan fingerprint density at radius 2 is 2.00 bits per heavy atom. The van der Waals surface area contributed by atoms with E-state index >= 15 is 0 Å². The van der Waals surface area contributed by atoms with Crippen molar-refractivity contribution in [1.29, 1.82) is 0 Å². The summed E-state index contributed by atoms with van der Waals surface area (Å²) >= 11 is 5.77. The van der Waals surface area contributed by atoms with E-state index < -0.39 is 0 Å². The first-order valence-corrected chi connectivity index (χ1v) is 5.41. The number of likely N-dealkylation sites (N-methyl/N-ethyl adjacent to an activating group) is 1. The number of nitrogens with zero attached hydrogens (tertiary/aromatic N) is 1. The Kier molecular flexibility index (Phi) is 5.00. The number of carbonyl (C=O) groups is 1. The summed E-state index contributed by atoms with van der Waals surface area (Å²) in [6.07, 6.45) is 0. The van der Waals surface area contributed by atoms with Crippen molar-refractivity contribution in [3.8, 4) is 0 Å². The highest BCUT2D eigenvalue weighted by Crippen LogP contribution is 2.14. The smallest absolute Gasteiger partial charge is 0.250 e. The number of rotatable bonds is 5. The molecule has 0 saturated carbocycles. The molecule has 0 aliphatic carbocycles. The van der Waals surface area contributed by atoms with Crippen molar-refractivity contribution in [2.45, 2.75) is 0 Å². The van der Waals surface area contributed by atoms with Gasteiger partial charge in [0.1, 0.15) is 0 Å². The van der Waals surface area contributed by atoms with Crippen molar-refractivity contribution in [2.24, 2.45) is 0 Å². The van der Waals surface area contributed by atoms with Gasteiger partial charge in [-0.25, -0.2) is 0 Å². The molecule has 0 aliphatic heterocycles. The molecule has 0 heterocycles. The van der Waals surface area contributed by atoms with Gasteiger partial charge in [-0.15, -0.1) is 0 Å². The molecular formula is C12H15ClN2O2. The van der Waals surface area contributed by atoms with Crippen molar-refractivity contribution in [3.05, 3.63) is 41.4 Å². The van der Waals surface area contributed by atoms with Crippen LogP contribution in [0.3, 0.4) is 0 Å². The van der Waals surface area contributed by atoms with E-state index in [0.29, 0.717) is 10.7 Å². The normalized spacial score (nSPS) is 9.82. The zero-order chi connectivity index (χ0) is 12.8. The standard InChI is InChI=1S/C12H15ClN2O2/c1-9(10-4-6-11(13)7-5-10)14-17-8-12(16)15(2)3/h4-7,14H,1,8H2,2-3H3. The van der Waals surface area contributed by atoms with Gasteiger partial charge in [0, 0.05) is 19.1 Å². The van der Waals surface area contributed by atoms with Gasteiger partial charge in [0.25, 0.3) is 5.91 Å². The third-order valence-corrected chi connectivity index (χ3v) is 2.33. The Morgan fingerprint density at radius 1 is 1.41 bits per heavy atom. The molecule has 5 heteroatoms. The van der Waals surface area contributed by atoms with Crippen molar-refractivity contribution in [1.82, 2.24) is 10.4 Å². The minimum atomic E-state index is -0.124. The van der Waals surface area contributed by atoms with E-state index in [9.17, 15) is 4.79 Å². The molecule has 0 aliphatic rings. The molecule has 0 aromatic heterocycles. The van der Waals surface area contributed by atoms with E-state index in [1.54, 1.807) is 26.2 Å². The minimum absolute atomic E-state index is 0.0421. The Balaban J connectivity index is 2.40. The van der Waals surface area contributed by atoms with Gasteiger partial charge in [-0.1, -0.05) is 30.3 Å². The van der Waals surface area contributed by atoms with E-state index in [-0.39, 0.29) is 12.5 Å². The first kappa shape index (κ1) is 13.5. The summed E-state index contributed by atoms with van der Waals surface area (Å²) in [7, 11) is 3.33. The second kappa shape index (κ2) is 6.27. The lowest BCUT2D eigenvalue weighted by molar-refractivity contribution is -0.135.